The van der Waals surface area contributed by atoms with E-state index in [4.69, 9.17) is 16.3 Å². The number of ether oxygens (including phenoxy) is 1. The van der Waals surface area contributed by atoms with Crippen LogP contribution in [0.2, 0.25) is 5.02 Å². The fourth-order valence-corrected chi connectivity index (χ4v) is 3.44. The minimum absolute atomic E-state index is 0.0842. The summed E-state index contributed by atoms with van der Waals surface area (Å²) >= 11 is 6.01. The Balaban J connectivity index is 1.37. The second kappa shape index (κ2) is 8.37. The average molecular weight is 407 g/mol. The third-order valence-corrected chi connectivity index (χ3v) is 4.95. The van der Waals surface area contributed by atoms with Crippen molar-refractivity contribution in [3.63, 3.8) is 0 Å². The van der Waals surface area contributed by atoms with Crippen molar-refractivity contribution < 1.29 is 14.3 Å². The molecule has 0 aromatic heterocycles. The Morgan fingerprint density at radius 3 is 2.41 bits per heavy atom. The molecule has 0 unspecified atom stereocenters. The van der Waals surface area contributed by atoms with Crippen LogP contribution in [0.3, 0.4) is 0 Å². The number of para-hydroxylation sites is 1. The summed E-state index contributed by atoms with van der Waals surface area (Å²) in [6.45, 7) is 0.334. The number of amides is 2. The van der Waals surface area contributed by atoms with Gasteiger partial charge in [-0.3, -0.25) is 9.59 Å². The average Bonchev–Trinajstić information content (AvgIpc) is 3.12. The monoisotopic (exact) mass is 406 g/mol. The van der Waals surface area contributed by atoms with Crippen LogP contribution in [0, 0.1) is 5.92 Å². The zero-order valence-corrected chi connectivity index (χ0v) is 16.3. The van der Waals surface area contributed by atoms with Gasteiger partial charge in [0.25, 0.3) is 0 Å². The van der Waals surface area contributed by atoms with Gasteiger partial charge in [-0.15, -0.1) is 0 Å². The maximum absolute atomic E-state index is 12.6. The van der Waals surface area contributed by atoms with Gasteiger partial charge in [-0.2, -0.15) is 0 Å². The molecular weight excluding hydrogens is 388 g/mol. The number of rotatable bonds is 5. The van der Waals surface area contributed by atoms with E-state index < -0.39 is 5.92 Å². The number of nitrogens with zero attached hydrogens (tertiary/aromatic N) is 1. The van der Waals surface area contributed by atoms with Crippen LogP contribution in [-0.4, -0.2) is 18.4 Å². The highest BCUT2D eigenvalue weighted by molar-refractivity contribution is 6.31. The molecule has 1 atom stereocenters. The molecule has 1 heterocycles. The highest BCUT2D eigenvalue weighted by Crippen LogP contribution is 2.28. The molecule has 0 spiro atoms. The van der Waals surface area contributed by atoms with Crippen LogP contribution in [0.1, 0.15) is 6.42 Å². The highest BCUT2D eigenvalue weighted by atomic mass is 35.5. The van der Waals surface area contributed by atoms with Crippen molar-refractivity contribution in [3.8, 4) is 11.5 Å². The fraction of sp³-hybridized carbons (Fsp3) is 0.130. The SMILES string of the molecule is O=C(Nc1ccc(Oc2ccccc2)cc1)[C@@H]1CC(=O)N(c2cccc(Cl)c2)C1. The first kappa shape index (κ1) is 19.0. The maximum atomic E-state index is 12.6. The molecule has 0 radical (unpaired) electrons. The molecule has 2 amide bonds. The summed E-state index contributed by atoms with van der Waals surface area (Å²) in [5.74, 6) is 0.743. The Morgan fingerprint density at radius 1 is 0.966 bits per heavy atom. The van der Waals surface area contributed by atoms with Crippen LogP contribution in [-0.2, 0) is 9.59 Å². The van der Waals surface area contributed by atoms with Crippen molar-refractivity contribution in [2.75, 3.05) is 16.8 Å². The van der Waals surface area contributed by atoms with Gasteiger partial charge in [0, 0.05) is 29.4 Å². The van der Waals surface area contributed by atoms with Gasteiger partial charge in [-0.05, 0) is 54.6 Å². The summed E-state index contributed by atoms with van der Waals surface area (Å²) in [7, 11) is 0. The van der Waals surface area contributed by atoms with Gasteiger partial charge < -0.3 is 15.0 Å². The minimum Gasteiger partial charge on any atom is -0.457 e. The third kappa shape index (κ3) is 4.58. The zero-order valence-electron chi connectivity index (χ0n) is 15.5. The van der Waals surface area contributed by atoms with Crippen LogP contribution in [0.25, 0.3) is 0 Å². The fourth-order valence-electron chi connectivity index (χ4n) is 3.25. The second-order valence-electron chi connectivity index (χ2n) is 6.81. The molecule has 146 valence electrons. The molecule has 1 N–H and O–H groups in total. The smallest absolute Gasteiger partial charge is 0.229 e. The molecule has 1 aliphatic heterocycles. The maximum Gasteiger partial charge on any atom is 0.229 e. The summed E-state index contributed by atoms with van der Waals surface area (Å²) in [6, 6.07) is 23.7. The Morgan fingerprint density at radius 2 is 1.69 bits per heavy atom. The lowest BCUT2D eigenvalue weighted by Gasteiger charge is -2.17. The van der Waals surface area contributed by atoms with Crippen LogP contribution in [0.15, 0.2) is 78.9 Å². The van der Waals surface area contributed by atoms with Crippen molar-refractivity contribution in [2.45, 2.75) is 6.42 Å². The third-order valence-electron chi connectivity index (χ3n) is 4.72. The Labute approximate surface area is 173 Å². The summed E-state index contributed by atoms with van der Waals surface area (Å²) in [6.07, 6.45) is 0.174. The second-order valence-corrected chi connectivity index (χ2v) is 7.25. The van der Waals surface area contributed by atoms with Gasteiger partial charge in [0.2, 0.25) is 11.8 Å². The number of carbonyl (C=O) groups is 2. The molecule has 29 heavy (non-hydrogen) atoms. The van der Waals surface area contributed by atoms with Crippen molar-refractivity contribution >= 4 is 34.8 Å². The van der Waals surface area contributed by atoms with E-state index in [1.165, 1.54) is 0 Å². The molecule has 1 saturated heterocycles. The number of anilines is 2. The van der Waals surface area contributed by atoms with Crippen molar-refractivity contribution in [2.24, 2.45) is 5.92 Å². The van der Waals surface area contributed by atoms with E-state index >= 15 is 0 Å². The van der Waals surface area contributed by atoms with E-state index in [0.29, 0.717) is 28.7 Å². The summed E-state index contributed by atoms with van der Waals surface area (Å²) in [4.78, 5) is 26.6. The summed E-state index contributed by atoms with van der Waals surface area (Å²) in [5, 5.41) is 3.44. The first-order chi connectivity index (χ1) is 14.1. The lowest BCUT2D eigenvalue weighted by Crippen LogP contribution is -2.28. The van der Waals surface area contributed by atoms with Gasteiger partial charge >= 0.3 is 0 Å². The van der Waals surface area contributed by atoms with Crippen LogP contribution < -0.4 is 15.0 Å². The number of hydrogen-bond acceptors (Lipinski definition) is 3. The van der Waals surface area contributed by atoms with E-state index in [-0.39, 0.29) is 18.2 Å². The van der Waals surface area contributed by atoms with Gasteiger partial charge in [0.05, 0.1) is 5.92 Å². The molecule has 0 bridgehead atoms. The molecule has 1 aliphatic rings. The Kier molecular flexibility index (Phi) is 5.49. The van der Waals surface area contributed by atoms with E-state index in [9.17, 15) is 9.59 Å². The first-order valence-electron chi connectivity index (χ1n) is 9.28. The van der Waals surface area contributed by atoms with E-state index in [2.05, 4.69) is 5.32 Å². The molecule has 1 fully saturated rings. The molecule has 4 rings (SSSR count). The topological polar surface area (TPSA) is 58.6 Å². The van der Waals surface area contributed by atoms with Crippen molar-refractivity contribution in [1.29, 1.82) is 0 Å². The lowest BCUT2D eigenvalue weighted by molar-refractivity contribution is -0.122. The van der Waals surface area contributed by atoms with Gasteiger partial charge in [-0.1, -0.05) is 35.9 Å². The number of nitrogens with one attached hydrogen (secondary N) is 1. The molecule has 0 aliphatic carbocycles. The predicted octanol–water partition coefficient (Wildman–Crippen LogP) is 5.12. The van der Waals surface area contributed by atoms with Crippen molar-refractivity contribution in [1.82, 2.24) is 0 Å². The quantitative estimate of drug-likeness (QED) is 0.639. The highest BCUT2D eigenvalue weighted by Gasteiger charge is 2.35. The minimum atomic E-state index is -0.415. The van der Waals surface area contributed by atoms with Crippen LogP contribution in [0.4, 0.5) is 11.4 Å². The van der Waals surface area contributed by atoms with Gasteiger partial charge in [0.15, 0.2) is 0 Å². The largest absolute Gasteiger partial charge is 0.457 e. The van der Waals surface area contributed by atoms with E-state index in [1.54, 1.807) is 47.4 Å². The number of hydrogen-bond donors (Lipinski definition) is 1. The molecule has 3 aromatic carbocycles. The van der Waals surface area contributed by atoms with E-state index in [1.807, 2.05) is 36.4 Å². The van der Waals surface area contributed by atoms with Crippen LogP contribution >= 0.6 is 11.6 Å². The molecule has 3 aromatic rings. The predicted molar refractivity (Wildman–Crippen MR) is 113 cm³/mol. The van der Waals surface area contributed by atoms with Crippen molar-refractivity contribution in [3.05, 3.63) is 83.9 Å². The molecule has 5 nitrogen and oxygen atoms in total. The van der Waals surface area contributed by atoms with Crippen LogP contribution in [0.5, 0.6) is 11.5 Å². The molecule has 0 saturated carbocycles. The number of benzene rings is 3. The molecule has 6 heteroatoms. The number of halogens is 1. The first-order valence-corrected chi connectivity index (χ1v) is 9.66. The summed E-state index contributed by atoms with van der Waals surface area (Å²) < 4.78 is 5.75. The van der Waals surface area contributed by atoms with E-state index in [0.717, 1.165) is 5.75 Å². The standard InChI is InChI=1S/C23H19ClN2O3/c24-17-5-4-6-19(14-17)26-15-16(13-22(26)27)23(28)25-18-9-11-21(12-10-18)29-20-7-2-1-3-8-20/h1-12,14,16H,13,15H2,(H,25,28)/t16-/m1/s1. The van der Waals surface area contributed by atoms with Gasteiger partial charge in [0.1, 0.15) is 11.5 Å². The Hall–Kier alpha value is -3.31. The lowest BCUT2D eigenvalue weighted by atomic mass is 10.1. The van der Waals surface area contributed by atoms with Gasteiger partial charge in [-0.25, -0.2) is 0 Å². The number of carbonyl (C=O) groups excluding carboxylic acids is 2. The summed E-state index contributed by atoms with van der Waals surface area (Å²) in [5.41, 5.74) is 1.37. The zero-order chi connectivity index (χ0) is 20.2. The Bertz CT molecular complexity index is 1020. The molecular formula is C23H19ClN2O3. The normalized spacial score (nSPS) is 16.0.